The van der Waals surface area contributed by atoms with Crippen LogP contribution in [0.4, 0.5) is 11.8 Å². The molecule has 1 aliphatic rings. The Balaban J connectivity index is 1.67. The summed E-state index contributed by atoms with van der Waals surface area (Å²) in [5.74, 6) is 1.70. The Kier molecular flexibility index (Phi) is 4.90. The van der Waals surface area contributed by atoms with E-state index >= 15 is 0 Å². The molecule has 1 aliphatic heterocycles. The van der Waals surface area contributed by atoms with E-state index in [9.17, 15) is 4.79 Å². The van der Waals surface area contributed by atoms with E-state index in [0.29, 0.717) is 5.95 Å². The van der Waals surface area contributed by atoms with Gasteiger partial charge in [0.25, 0.3) is 5.56 Å². The molecule has 0 saturated carbocycles. The Bertz CT molecular complexity index is 677. The molecule has 0 amide bonds. The van der Waals surface area contributed by atoms with Gasteiger partial charge in [0.05, 0.1) is 0 Å². The van der Waals surface area contributed by atoms with E-state index in [1.165, 1.54) is 0 Å². The Labute approximate surface area is 136 Å². The monoisotopic (exact) mass is 313 g/mol. The summed E-state index contributed by atoms with van der Waals surface area (Å²) in [7, 11) is 0. The average molecular weight is 313 g/mol. The lowest BCUT2D eigenvalue weighted by atomic mass is 10.2. The number of nitrogens with one attached hydrogen (secondary N) is 1. The second-order valence-electron chi connectivity index (χ2n) is 5.83. The number of anilines is 2. The summed E-state index contributed by atoms with van der Waals surface area (Å²) in [5, 5.41) is 0. The van der Waals surface area contributed by atoms with E-state index in [1.807, 2.05) is 24.4 Å². The molecule has 2 aromatic heterocycles. The number of aromatic amines is 1. The van der Waals surface area contributed by atoms with Gasteiger partial charge in [-0.25, -0.2) is 9.97 Å². The molecule has 0 aliphatic carbocycles. The van der Waals surface area contributed by atoms with Gasteiger partial charge in [-0.1, -0.05) is 19.4 Å². The predicted molar refractivity (Wildman–Crippen MR) is 92.1 cm³/mol. The third-order valence-corrected chi connectivity index (χ3v) is 4.12. The van der Waals surface area contributed by atoms with Gasteiger partial charge in [-0.3, -0.25) is 9.78 Å². The number of rotatable bonds is 5. The molecule has 0 spiro atoms. The van der Waals surface area contributed by atoms with Gasteiger partial charge in [-0.05, 0) is 25.0 Å². The minimum Gasteiger partial charge on any atom is -0.353 e. The standard InChI is InChI=1S/C17H23N5O/c1-2-3-6-14-13-16(23)20-17(19-14)22-11-9-21(10-12-22)15-7-4-5-8-18-15/h4-5,7-8,13H,2-3,6,9-12H2,1H3,(H,19,20,23). The maximum absolute atomic E-state index is 11.9. The first-order chi connectivity index (χ1) is 11.3. The molecule has 122 valence electrons. The van der Waals surface area contributed by atoms with Crippen molar-refractivity contribution in [2.24, 2.45) is 0 Å². The Morgan fingerprint density at radius 3 is 2.65 bits per heavy atom. The van der Waals surface area contributed by atoms with Gasteiger partial charge >= 0.3 is 0 Å². The summed E-state index contributed by atoms with van der Waals surface area (Å²) in [4.78, 5) is 28.2. The van der Waals surface area contributed by atoms with Gasteiger partial charge in [0.15, 0.2) is 0 Å². The summed E-state index contributed by atoms with van der Waals surface area (Å²) < 4.78 is 0. The molecule has 0 atom stereocenters. The number of pyridine rings is 1. The van der Waals surface area contributed by atoms with Crippen LogP contribution in [-0.4, -0.2) is 41.1 Å². The molecule has 2 aromatic rings. The van der Waals surface area contributed by atoms with E-state index in [1.54, 1.807) is 6.07 Å². The number of unbranched alkanes of at least 4 members (excludes halogenated alkanes) is 1. The summed E-state index contributed by atoms with van der Waals surface area (Å²) >= 11 is 0. The molecule has 3 rings (SSSR count). The van der Waals surface area contributed by atoms with E-state index in [2.05, 4.69) is 31.7 Å². The van der Waals surface area contributed by atoms with Crippen LogP contribution in [0.2, 0.25) is 0 Å². The van der Waals surface area contributed by atoms with E-state index in [0.717, 1.165) is 57.0 Å². The summed E-state index contributed by atoms with van der Waals surface area (Å²) in [5.41, 5.74) is 0.825. The van der Waals surface area contributed by atoms with Crippen LogP contribution in [0.3, 0.4) is 0 Å². The van der Waals surface area contributed by atoms with Gasteiger partial charge < -0.3 is 9.80 Å². The van der Waals surface area contributed by atoms with Crippen LogP contribution >= 0.6 is 0 Å². The van der Waals surface area contributed by atoms with Crippen LogP contribution in [0, 0.1) is 0 Å². The second kappa shape index (κ2) is 7.26. The zero-order valence-electron chi connectivity index (χ0n) is 13.5. The predicted octanol–water partition coefficient (Wildman–Crippen LogP) is 1.83. The minimum atomic E-state index is -0.0618. The van der Waals surface area contributed by atoms with Gasteiger partial charge in [-0.2, -0.15) is 0 Å². The van der Waals surface area contributed by atoms with Crippen molar-refractivity contribution in [3.8, 4) is 0 Å². The highest BCUT2D eigenvalue weighted by Crippen LogP contribution is 2.15. The molecule has 0 unspecified atom stereocenters. The number of hydrogen-bond acceptors (Lipinski definition) is 5. The summed E-state index contributed by atoms with van der Waals surface area (Å²) in [6, 6.07) is 7.58. The van der Waals surface area contributed by atoms with Gasteiger partial charge in [-0.15, -0.1) is 0 Å². The van der Waals surface area contributed by atoms with Crippen molar-refractivity contribution in [2.45, 2.75) is 26.2 Å². The summed E-state index contributed by atoms with van der Waals surface area (Å²) in [6.07, 6.45) is 4.84. The lowest BCUT2D eigenvalue weighted by molar-refractivity contribution is 0.630. The number of piperazine rings is 1. The van der Waals surface area contributed by atoms with Crippen molar-refractivity contribution in [3.05, 3.63) is 46.5 Å². The zero-order valence-corrected chi connectivity index (χ0v) is 13.5. The Morgan fingerprint density at radius 2 is 1.96 bits per heavy atom. The van der Waals surface area contributed by atoms with Crippen molar-refractivity contribution in [1.82, 2.24) is 15.0 Å². The van der Waals surface area contributed by atoms with Crippen molar-refractivity contribution < 1.29 is 0 Å². The number of aryl methyl sites for hydroxylation is 1. The highest BCUT2D eigenvalue weighted by molar-refractivity contribution is 5.42. The Hall–Kier alpha value is -2.37. The molecule has 0 radical (unpaired) electrons. The van der Waals surface area contributed by atoms with Crippen molar-refractivity contribution in [3.63, 3.8) is 0 Å². The van der Waals surface area contributed by atoms with E-state index in [-0.39, 0.29) is 5.56 Å². The van der Waals surface area contributed by atoms with E-state index < -0.39 is 0 Å². The third kappa shape index (κ3) is 3.88. The topological polar surface area (TPSA) is 65.1 Å². The highest BCUT2D eigenvalue weighted by Gasteiger charge is 2.19. The number of aromatic nitrogens is 3. The maximum Gasteiger partial charge on any atom is 0.252 e. The minimum absolute atomic E-state index is 0.0618. The molecule has 1 saturated heterocycles. The lowest BCUT2D eigenvalue weighted by Crippen LogP contribution is -2.47. The molecule has 6 nitrogen and oxygen atoms in total. The van der Waals surface area contributed by atoms with Crippen molar-refractivity contribution in [1.29, 1.82) is 0 Å². The lowest BCUT2D eigenvalue weighted by Gasteiger charge is -2.35. The normalized spacial score (nSPS) is 15.0. The summed E-state index contributed by atoms with van der Waals surface area (Å²) in [6.45, 7) is 5.55. The molecule has 1 N–H and O–H groups in total. The van der Waals surface area contributed by atoms with Gasteiger partial charge in [0.1, 0.15) is 5.82 Å². The fourth-order valence-corrected chi connectivity index (χ4v) is 2.82. The largest absolute Gasteiger partial charge is 0.353 e. The van der Waals surface area contributed by atoms with Crippen LogP contribution < -0.4 is 15.4 Å². The van der Waals surface area contributed by atoms with Crippen LogP contribution in [-0.2, 0) is 6.42 Å². The number of nitrogens with zero attached hydrogens (tertiary/aromatic N) is 4. The van der Waals surface area contributed by atoms with Crippen LogP contribution in [0.25, 0.3) is 0 Å². The quantitative estimate of drug-likeness (QED) is 0.912. The molecule has 0 bridgehead atoms. The molecule has 6 heteroatoms. The molecular formula is C17H23N5O. The van der Waals surface area contributed by atoms with Gasteiger partial charge in [0, 0.05) is 44.1 Å². The second-order valence-corrected chi connectivity index (χ2v) is 5.83. The Morgan fingerprint density at radius 1 is 1.17 bits per heavy atom. The van der Waals surface area contributed by atoms with Crippen molar-refractivity contribution in [2.75, 3.05) is 36.0 Å². The number of H-pyrrole nitrogens is 1. The van der Waals surface area contributed by atoms with Crippen molar-refractivity contribution >= 4 is 11.8 Å². The molecular weight excluding hydrogens is 290 g/mol. The third-order valence-electron chi connectivity index (χ3n) is 4.12. The zero-order chi connectivity index (χ0) is 16.1. The van der Waals surface area contributed by atoms with Crippen LogP contribution in [0.1, 0.15) is 25.5 Å². The van der Waals surface area contributed by atoms with Crippen LogP contribution in [0.5, 0.6) is 0 Å². The fourth-order valence-electron chi connectivity index (χ4n) is 2.82. The van der Waals surface area contributed by atoms with Crippen LogP contribution in [0.15, 0.2) is 35.3 Å². The average Bonchev–Trinajstić information content (AvgIpc) is 2.60. The first kappa shape index (κ1) is 15.5. The van der Waals surface area contributed by atoms with E-state index in [4.69, 9.17) is 0 Å². The maximum atomic E-state index is 11.9. The molecule has 1 fully saturated rings. The first-order valence-electron chi connectivity index (χ1n) is 8.27. The fraction of sp³-hybridized carbons (Fsp3) is 0.471. The molecule has 3 heterocycles. The van der Waals surface area contributed by atoms with Gasteiger partial charge in [0.2, 0.25) is 5.95 Å². The smallest absolute Gasteiger partial charge is 0.252 e. The number of hydrogen-bond donors (Lipinski definition) is 1. The first-order valence-corrected chi connectivity index (χ1v) is 8.27. The molecule has 0 aromatic carbocycles. The molecule has 23 heavy (non-hydrogen) atoms. The highest BCUT2D eigenvalue weighted by atomic mass is 16.1. The SMILES string of the molecule is CCCCc1cc(=O)[nH]c(N2CCN(c3ccccn3)CC2)n1.